The third kappa shape index (κ3) is 3.25. The number of nitrogens with zero attached hydrogens (tertiary/aromatic N) is 2. The molecule has 1 unspecified atom stereocenters. The summed E-state index contributed by atoms with van der Waals surface area (Å²) in [4.78, 5) is 12.7. The van der Waals surface area contributed by atoms with Gasteiger partial charge in [0.15, 0.2) is 0 Å². The van der Waals surface area contributed by atoms with Crippen molar-refractivity contribution < 1.29 is 4.79 Å². The molecule has 0 radical (unpaired) electrons. The average molecular weight is 355 g/mol. The maximum Gasteiger partial charge on any atom is 0.259 e. The third-order valence-electron chi connectivity index (χ3n) is 4.68. The van der Waals surface area contributed by atoms with Crippen molar-refractivity contribution in [1.29, 1.82) is 0 Å². The first-order valence-electron chi connectivity index (χ1n) is 8.46. The molecule has 25 heavy (non-hydrogen) atoms. The van der Waals surface area contributed by atoms with E-state index in [-0.39, 0.29) is 5.91 Å². The van der Waals surface area contributed by atoms with E-state index in [0.29, 0.717) is 22.2 Å². The van der Waals surface area contributed by atoms with Crippen LogP contribution in [-0.4, -0.2) is 28.6 Å². The Kier molecular flexibility index (Phi) is 4.42. The number of piperidine rings is 1. The van der Waals surface area contributed by atoms with Gasteiger partial charge in [0.05, 0.1) is 28.0 Å². The van der Waals surface area contributed by atoms with E-state index >= 15 is 0 Å². The SMILES string of the molecule is O=C(Nc1ccccc1Cl)c1cnn2ccc(C3CCCNC3)cc12. The van der Waals surface area contributed by atoms with Gasteiger partial charge in [0, 0.05) is 12.7 Å². The molecule has 1 aromatic carbocycles. The first-order valence-corrected chi connectivity index (χ1v) is 8.84. The number of carbonyl (C=O) groups excluding carboxylic acids is 1. The van der Waals surface area contributed by atoms with E-state index in [0.717, 1.165) is 18.6 Å². The number of benzene rings is 1. The molecule has 0 aliphatic carbocycles. The molecule has 1 saturated heterocycles. The van der Waals surface area contributed by atoms with Gasteiger partial charge in [-0.1, -0.05) is 23.7 Å². The molecule has 1 amide bonds. The number of anilines is 1. The lowest BCUT2D eigenvalue weighted by atomic mass is 9.92. The number of hydrogen-bond donors (Lipinski definition) is 2. The average Bonchev–Trinajstić information content (AvgIpc) is 3.07. The highest BCUT2D eigenvalue weighted by Crippen LogP contribution is 2.26. The Morgan fingerprint density at radius 2 is 2.20 bits per heavy atom. The first kappa shape index (κ1) is 16.1. The molecule has 0 saturated carbocycles. The van der Waals surface area contributed by atoms with Crippen molar-refractivity contribution in [2.75, 3.05) is 18.4 Å². The predicted molar refractivity (Wildman–Crippen MR) is 99.4 cm³/mol. The number of fused-ring (bicyclic) bond motifs is 1. The van der Waals surface area contributed by atoms with Gasteiger partial charge in [-0.15, -0.1) is 0 Å². The van der Waals surface area contributed by atoms with Crippen LogP contribution < -0.4 is 10.6 Å². The normalized spacial score (nSPS) is 17.6. The van der Waals surface area contributed by atoms with Crippen LogP contribution in [0.5, 0.6) is 0 Å². The van der Waals surface area contributed by atoms with Gasteiger partial charge in [-0.05, 0) is 55.1 Å². The minimum Gasteiger partial charge on any atom is -0.321 e. The first-order chi connectivity index (χ1) is 12.2. The number of para-hydroxylation sites is 1. The highest BCUT2D eigenvalue weighted by Gasteiger charge is 2.18. The summed E-state index contributed by atoms with van der Waals surface area (Å²) in [5.74, 6) is 0.273. The van der Waals surface area contributed by atoms with Crippen LogP contribution in [0.1, 0.15) is 34.7 Å². The standard InChI is InChI=1S/C19H19ClN4O/c20-16-5-1-2-6-17(16)23-19(25)15-12-22-24-9-7-13(10-18(15)24)14-4-3-8-21-11-14/h1-2,5-7,9-10,12,14,21H,3-4,8,11H2,(H,23,25). The zero-order valence-electron chi connectivity index (χ0n) is 13.7. The summed E-state index contributed by atoms with van der Waals surface area (Å²) < 4.78 is 1.74. The molecule has 0 bridgehead atoms. The molecular formula is C19H19ClN4O. The number of aromatic nitrogens is 2. The Balaban J connectivity index is 1.65. The molecular weight excluding hydrogens is 336 g/mol. The minimum atomic E-state index is -0.206. The molecule has 2 aromatic heterocycles. The van der Waals surface area contributed by atoms with Crippen molar-refractivity contribution >= 4 is 28.7 Å². The van der Waals surface area contributed by atoms with Crippen LogP contribution in [0, 0.1) is 0 Å². The zero-order valence-corrected chi connectivity index (χ0v) is 14.5. The van der Waals surface area contributed by atoms with Gasteiger partial charge in [-0.2, -0.15) is 5.10 Å². The number of nitrogens with one attached hydrogen (secondary N) is 2. The summed E-state index contributed by atoms with van der Waals surface area (Å²) in [7, 11) is 0. The molecule has 2 N–H and O–H groups in total. The van der Waals surface area contributed by atoms with E-state index in [1.54, 1.807) is 22.8 Å². The zero-order chi connectivity index (χ0) is 17.2. The minimum absolute atomic E-state index is 0.206. The van der Waals surface area contributed by atoms with Crippen LogP contribution in [-0.2, 0) is 0 Å². The van der Waals surface area contributed by atoms with Crippen molar-refractivity contribution in [3.05, 3.63) is 64.9 Å². The van der Waals surface area contributed by atoms with Crippen LogP contribution in [0.3, 0.4) is 0 Å². The molecule has 1 atom stereocenters. The van der Waals surface area contributed by atoms with Gasteiger partial charge in [-0.3, -0.25) is 4.79 Å². The fraction of sp³-hybridized carbons (Fsp3) is 0.263. The van der Waals surface area contributed by atoms with Gasteiger partial charge in [0.25, 0.3) is 5.91 Å². The van der Waals surface area contributed by atoms with Crippen LogP contribution in [0.2, 0.25) is 5.02 Å². The number of halogens is 1. The Bertz CT molecular complexity index is 915. The molecule has 6 heteroatoms. The summed E-state index contributed by atoms with van der Waals surface area (Å²) >= 11 is 6.13. The summed E-state index contributed by atoms with van der Waals surface area (Å²) in [5.41, 5.74) is 3.20. The predicted octanol–water partition coefficient (Wildman–Crippen LogP) is 3.71. The quantitative estimate of drug-likeness (QED) is 0.753. The molecule has 4 rings (SSSR count). The van der Waals surface area contributed by atoms with Gasteiger partial charge in [0.2, 0.25) is 0 Å². The molecule has 128 valence electrons. The second kappa shape index (κ2) is 6.86. The number of hydrogen-bond acceptors (Lipinski definition) is 3. The number of rotatable bonds is 3. The lowest BCUT2D eigenvalue weighted by Crippen LogP contribution is -2.28. The molecule has 3 heterocycles. The number of amides is 1. The monoisotopic (exact) mass is 354 g/mol. The second-order valence-corrected chi connectivity index (χ2v) is 6.73. The lowest BCUT2D eigenvalue weighted by Gasteiger charge is -2.23. The topological polar surface area (TPSA) is 58.4 Å². The van der Waals surface area contributed by atoms with Gasteiger partial charge >= 0.3 is 0 Å². The Morgan fingerprint density at radius 3 is 3.00 bits per heavy atom. The highest BCUT2D eigenvalue weighted by molar-refractivity contribution is 6.34. The lowest BCUT2D eigenvalue weighted by molar-refractivity contribution is 0.102. The van der Waals surface area contributed by atoms with Crippen molar-refractivity contribution in [3.8, 4) is 0 Å². The summed E-state index contributed by atoms with van der Waals surface area (Å²) in [5, 5.41) is 11.1. The fourth-order valence-electron chi connectivity index (χ4n) is 3.31. The van der Waals surface area contributed by atoms with E-state index in [4.69, 9.17) is 11.6 Å². The van der Waals surface area contributed by atoms with Gasteiger partial charge in [-0.25, -0.2) is 4.52 Å². The summed E-state index contributed by atoms with van der Waals surface area (Å²) in [6.07, 6.45) is 5.86. The van der Waals surface area contributed by atoms with Crippen molar-refractivity contribution in [3.63, 3.8) is 0 Å². The summed E-state index contributed by atoms with van der Waals surface area (Å²) in [6, 6.07) is 11.4. The Hall–Kier alpha value is -2.37. The van der Waals surface area contributed by atoms with Crippen LogP contribution >= 0.6 is 11.6 Å². The van der Waals surface area contributed by atoms with Crippen LogP contribution in [0.25, 0.3) is 5.52 Å². The van der Waals surface area contributed by atoms with Crippen LogP contribution in [0.15, 0.2) is 48.8 Å². The second-order valence-electron chi connectivity index (χ2n) is 6.33. The van der Waals surface area contributed by atoms with Gasteiger partial charge < -0.3 is 10.6 Å². The molecule has 1 fully saturated rings. The molecule has 0 spiro atoms. The summed E-state index contributed by atoms with van der Waals surface area (Å²) in [6.45, 7) is 2.06. The Morgan fingerprint density at radius 1 is 1.32 bits per heavy atom. The molecule has 5 nitrogen and oxygen atoms in total. The number of carbonyl (C=O) groups is 1. The molecule has 3 aromatic rings. The molecule has 1 aliphatic rings. The smallest absolute Gasteiger partial charge is 0.259 e. The maximum absolute atomic E-state index is 12.7. The third-order valence-corrected chi connectivity index (χ3v) is 5.01. The number of pyridine rings is 1. The van der Waals surface area contributed by atoms with E-state index in [9.17, 15) is 4.79 Å². The van der Waals surface area contributed by atoms with Crippen molar-refractivity contribution in [1.82, 2.24) is 14.9 Å². The Labute approximate surface area is 151 Å². The highest BCUT2D eigenvalue weighted by atomic mass is 35.5. The van der Waals surface area contributed by atoms with E-state index in [2.05, 4.69) is 27.9 Å². The van der Waals surface area contributed by atoms with Gasteiger partial charge in [0.1, 0.15) is 0 Å². The van der Waals surface area contributed by atoms with E-state index < -0.39 is 0 Å². The van der Waals surface area contributed by atoms with Crippen LogP contribution in [0.4, 0.5) is 5.69 Å². The van der Waals surface area contributed by atoms with E-state index in [1.807, 2.05) is 18.3 Å². The van der Waals surface area contributed by atoms with Crippen molar-refractivity contribution in [2.45, 2.75) is 18.8 Å². The maximum atomic E-state index is 12.7. The van der Waals surface area contributed by atoms with Crippen molar-refractivity contribution in [2.24, 2.45) is 0 Å². The van der Waals surface area contributed by atoms with E-state index in [1.165, 1.54) is 18.4 Å². The molecule has 1 aliphatic heterocycles. The largest absolute Gasteiger partial charge is 0.321 e. The fourth-order valence-corrected chi connectivity index (χ4v) is 3.50.